The second-order valence-electron chi connectivity index (χ2n) is 4.98. The van der Waals surface area contributed by atoms with Gasteiger partial charge in [-0.15, -0.1) is 0 Å². The summed E-state index contributed by atoms with van der Waals surface area (Å²) >= 11 is 0. The Morgan fingerprint density at radius 1 is 1.27 bits per heavy atom. The van der Waals surface area contributed by atoms with Crippen molar-refractivity contribution in [2.45, 2.75) is 59.4 Å². The molecule has 0 amide bonds. The van der Waals surface area contributed by atoms with E-state index in [9.17, 15) is 4.79 Å². The van der Waals surface area contributed by atoms with E-state index in [1.165, 1.54) is 0 Å². The second kappa shape index (κ2) is 4.25. The van der Waals surface area contributed by atoms with E-state index in [1.54, 1.807) is 0 Å². The lowest BCUT2D eigenvalue weighted by molar-refractivity contribution is 0.342. The zero-order valence-corrected chi connectivity index (χ0v) is 10.5. The molecule has 0 aliphatic rings. The van der Waals surface area contributed by atoms with Gasteiger partial charge in [0.2, 0.25) is 0 Å². The summed E-state index contributed by atoms with van der Waals surface area (Å²) in [6, 6.07) is 0. The monoisotopic (exact) mass is 210 g/mol. The Morgan fingerprint density at radius 2 is 1.87 bits per heavy atom. The van der Waals surface area contributed by atoms with E-state index in [4.69, 9.17) is 0 Å². The van der Waals surface area contributed by atoms with Crippen molar-refractivity contribution in [3.63, 3.8) is 0 Å². The van der Waals surface area contributed by atoms with E-state index < -0.39 is 0 Å². The molecule has 1 aromatic rings. The molecule has 0 atom stereocenters. The SMILES string of the molecule is CCCc1c(CC)n(C(C)(C)C)[nH]c1=O. The van der Waals surface area contributed by atoms with Gasteiger partial charge in [0.1, 0.15) is 0 Å². The minimum atomic E-state index is -0.0451. The van der Waals surface area contributed by atoms with Crippen molar-refractivity contribution >= 4 is 0 Å². The molecule has 3 nitrogen and oxygen atoms in total. The number of aromatic amines is 1. The maximum Gasteiger partial charge on any atom is 0.267 e. The van der Waals surface area contributed by atoms with Crippen LogP contribution in [0, 0.1) is 0 Å². The number of nitrogens with zero attached hydrogens (tertiary/aromatic N) is 1. The van der Waals surface area contributed by atoms with Gasteiger partial charge in [0, 0.05) is 11.3 Å². The molecule has 0 unspecified atom stereocenters. The minimum Gasteiger partial charge on any atom is -0.284 e. The second-order valence-corrected chi connectivity index (χ2v) is 4.98. The Bertz CT molecular complexity index is 379. The Morgan fingerprint density at radius 3 is 2.27 bits per heavy atom. The highest BCUT2D eigenvalue weighted by atomic mass is 16.1. The van der Waals surface area contributed by atoms with Crippen molar-refractivity contribution in [1.82, 2.24) is 9.78 Å². The first kappa shape index (κ1) is 12.1. The third kappa shape index (κ3) is 2.33. The average molecular weight is 210 g/mol. The van der Waals surface area contributed by atoms with Crippen molar-refractivity contribution < 1.29 is 0 Å². The molecule has 3 heteroatoms. The van der Waals surface area contributed by atoms with E-state index in [0.717, 1.165) is 30.5 Å². The first-order valence-corrected chi connectivity index (χ1v) is 5.75. The molecular weight excluding hydrogens is 188 g/mol. The number of hydrogen-bond acceptors (Lipinski definition) is 1. The number of nitrogens with one attached hydrogen (secondary N) is 1. The molecule has 1 heterocycles. The summed E-state index contributed by atoms with van der Waals surface area (Å²) in [7, 11) is 0. The first-order chi connectivity index (χ1) is 6.91. The zero-order valence-electron chi connectivity index (χ0n) is 10.5. The quantitative estimate of drug-likeness (QED) is 0.817. The average Bonchev–Trinajstić information content (AvgIpc) is 2.44. The topological polar surface area (TPSA) is 37.8 Å². The fraction of sp³-hybridized carbons (Fsp3) is 0.750. The Hall–Kier alpha value is -0.990. The van der Waals surface area contributed by atoms with Gasteiger partial charge in [0.25, 0.3) is 5.56 Å². The smallest absolute Gasteiger partial charge is 0.267 e. The third-order valence-electron chi connectivity index (χ3n) is 2.61. The van der Waals surface area contributed by atoms with E-state index in [-0.39, 0.29) is 11.1 Å². The number of aromatic nitrogens is 2. The molecule has 0 saturated heterocycles. The molecular formula is C12H22N2O. The van der Waals surface area contributed by atoms with Gasteiger partial charge in [-0.25, -0.2) is 0 Å². The van der Waals surface area contributed by atoms with Crippen LogP contribution in [-0.2, 0) is 18.4 Å². The van der Waals surface area contributed by atoms with Gasteiger partial charge in [-0.05, 0) is 33.6 Å². The van der Waals surface area contributed by atoms with Gasteiger partial charge in [-0.2, -0.15) is 0 Å². The predicted molar refractivity (Wildman–Crippen MR) is 63.4 cm³/mol. The standard InChI is InChI=1S/C12H22N2O/c1-6-8-9-10(7-2)14(12(3,4)5)13-11(9)15/h6-8H2,1-5H3,(H,13,15). The Kier molecular flexibility index (Phi) is 3.42. The van der Waals surface area contributed by atoms with Gasteiger partial charge in [-0.1, -0.05) is 20.3 Å². The Balaban J connectivity index is 3.31. The third-order valence-corrected chi connectivity index (χ3v) is 2.61. The van der Waals surface area contributed by atoms with Crippen LogP contribution in [0.15, 0.2) is 4.79 Å². The first-order valence-electron chi connectivity index (χ1n) is 5.75. The lowest BCUT2D eigenvalue weighted by atomic mass is 10.1. The predicted octanol–water partition coefficient (Wildman–Crippen LogP) is 2.45. The van der Waals surface area contributed by atoms with Crippen LogP contribution >= 0.6 is 0 Å². The minimum absolute atomic E-state index is 0.0451. The molecule has 0 saturated carbocycles. The number of rotatable bonds is 3. The van der Waals surface area contributed by atoms with Crippen molar-refractivity contribution in [3.05, 3.63) is 21.6 Å². The molecule has 15 heavy (non-hydrogen) atoms. The van der Waals surface area contributed by atoms with Gasteiger partial charge in [0.05, 0.1) is 5.54 Å². The molecule has 0 aromatic carbocycles. The fourth-order valence-electron chi connectivity index (χ4n) is 1.95. The van der Waals surface area contributed by atoms with Crippen LogP contribution in [0.4, 0.5) is 0 Å². The lowest BCUT2D eigenvalue weighted by Gasteiger charge is -2.23. The van der Waals surface area contributed by atoms with Crippen LogP contribution in [-0.4, -0.2) is 9.78 Å². The summed E-state index contributed by atoms with van der Waals surface area (Å²) in [4.78, 5) is 11.8. The van der Waals surface area contributed by atoms with Crippen molar-refractivity contribution in [2.75, 3.05) is 0 Å². The van der Waals surface area contributed by atoms with Crippen molar-refractivity contribution in [2.24, 2.45) is 0 Å². The van der Waals surface area contributed by atoms with Crippen LogP contribution in [0.2, 0.25) is 0 Å². The van der Waals surface area contributed by atoms with Gasteiger partial charge >= 0.3 is 0 Å². The van der Waals surface area contributed by atoms with Crippen LogP contribution < -0.4 is 5.56 Å². The summed E-state index contributed by atoms with van der Waals surface area (Å²) in [5.74, 6) is 0. The zero-order chi connectivity index (χ0) is 11.6. The van der Waals surface area contributed by atoms with Gasteiger partial charge < -0.3 is 0 Å². The highest BCUT2D eigenvalue weighted by molar-refractivity contribution is 5.19. The number of H-pyrrole nitrogens is 1. The molecule has 86 valence electrons. The van der Waals surface area contributed by atoms with E-state index in [0.29, 0.717) is 0 Å². The highest BCUT2D eigenvalue weighted by Crippen LogP contribution is 2.18. The molecule has 0 bridgehead atoms. The van der Waals surface area contributed by atoms with Crippen LogP contribution in [0.1, 0.15) is 52.3 Å². The normalized spacial score (nSPS) is 12.1. The van der Waals surface area contributed by atoms with Crippen LogP contribution in [0.3, 0.4) is 0 Å². The molecule has 0 fully saturated rings. The highest BCUT2D eigenvalue weighted by Gasteiger charge is 2.20. The summed E-state index contributed by atoms with van der Waals surface area (Å²) < 4.78 is 2.01. The fourth-order valence-corrected chi connectivity index (χ4v) is 1.95. The summed E-state index contributed by atoms with van der Waals surface area (Å²) in [6.07, 6.45) is 2.80. The largest absolute Gasteiger partial charge is 0.284 e. The molecule has 0 aliphatic heterocycles. The molecule has 1 rings (SSSR count). The van der Waals surface area contributed by atoms with Gasteiger partial charge in [0.15, 0.2) is 0 Å². The van der Waals surface area contributed by atoms with E-state index in [1.807, 2.05) is 4.68 Å². The van der Waals surface area contributed by atoms with Crippen LogP contribution in [0.5, 0.6) is 0 Å². The maximum atomic E-state index is 11.8. The van der Waals surface area contributed by atoms with Crippen LogP contribution in [0.25, 0.3) is 0 Å². The van der Waals surface area contributed by atoms with E-state index in [2.05, 4.69) is 39.7 Å². The summed E-state index contributed by atoms with van der Waals surface area (Å²) in [5.41, 5.74) is 2.17. The molecule has 1 aromatic heterocycles. The molecule has 0 spiro atoms. The van der Waals surface area contributed by atoms with Gasteiger partial charge in [-0.3, -0.25) is 14.6 Å². The Labute approximate surface area is 91.5 Å². The summed E-state index contributed by atoms with van der Waals surface area (Å²) in [5, 5.41) is 2.95. The molecule has 0 aliphatic carbocycles. The summed E-state index contributed by atoms with van der Waals surface area (Å²) in [6.45, 7) is 10.5. The lowest BCUT2D eigenvalue weighted by Crippen LogP contribution is -2.26. The molecule has 1 N–H and O–H groups in total. The maximum absolute atomic E-state index is 11.8. The van der Waals surface area contributed by atoms with E-state index >= 15 is 0 Å². The number of hydrogen-bond donors (Lipinski definition) is 1. The molecule has 0 radical (unpaired) electrons. The van der Waals surface area contributed by atoms with Crippen molar-refractivity contribution in [1.29, 1.82) is 0 Å². The van der Waals surface area contributed by atoms with Crippen molar-refractivity contribution in [3.8, 4) is 0 Å².